The van der Waals surface area contributed by atoms with Gasteiger partial charge in [0, 0.05) is 24.1 Å². The molecule has 1 aromatic carbocycles. The molecule has 2 aromatic rings. The lowest BCUT2D eigenvalue weighted by Crippen LogP contribution is -2.19. The summed E-state index contributed by atoms with van der Waals surface area (Å²) in [6.45, 7) is 0. The maximum absolute atomic E-state index is 5.93. The molecule has 1 unspecified atom stereocenters. The number of nitrogens with zero attached hydrogens (tertiary/aromatic N) is 1. The van der Waals surface area contributed by atoms with E-state index in [1.165, 1.54) is 5.56 Å². The second kappa shape index (κ2) is 5.46. The van der Waals surface area contributed by atoms with Crippen LogP contribution >= 0.6 is 0 Å². The lowest BCUT2D eigenvalue weighted by Gasteiger charge is -2.17. The molecule has 0 aliphatic rings. The molecule has 0 aliphatic heterocycles. The van der Waals surface area contributed by atoms with Crippen LogP contribution in [0.15, 0.2) is 48.8 Å². The molecule has 0 aliphatic carbocycles. The number of hydrogen-bond donors (Lipinski definition) is 2. The summed E-state index contributed by atoms with van der Waals surface area (Å²) in [4.78, 5) is 4.12. The van der Waals surface area contributed by atoms with E-state index in [-0.39, 0.29) is 6.04 Å². The Kier molecular flexibility index (Phi) is 3.73. The number of nitrogens with two attached hydrogens (primary N) is 1. The summed E-state index contributed by atoms with van der Waals surface area (Å²) in [5, 5.41) is 3.31. The van der Waals surface area contributed by atoms with Crippen molar-refractivity contribution in [2.45, 2.75) is 12.5 Å². The maximum Gasteiger partial charge on any atom is 0.0378 e. The van der Waals surface area contributed by atoms with Crippen LogP contribution in [-0.4, -0.2) is 12.0 Å². The summed E-state index contributed by atoms with van der Waals surface area (Å²) in [5.41, 5.74) is 9.08. The summed E-state index contributed by atoms with van der Waals surface area (Å²) < 4.78 is 0. The molecule has 0 radical (unpaired) electrons. The van der Waals surface area contributed by atoms with Crippen LogP contribution in [0.3, 0.4) is 0 Å². The van der Waals surface area contributed by atoms with Gasteiger partial charge in [-0.2, -0.15) is 0 Å². The summed E-state index contributed by atoms with van der Waals surface area (Å²) in [7, 11) is 1.96. The minimum absolute atomic E-state index is 0.266. The van der Waals surface area contributed by atoms with Crippen LogP contribution in [0.25, 0.3) is 0 Å². The van der Waals surface area contributed by atoms with E-state index in [2.05, 4.69) is 22.4 Å². The van der Waals surface area contributed by atoms with E-state index in [0.717, 1.165) is 17.7 Å². The molecule has 17 heavy (non-hydrogen) atoms. The van der Waals surface area contributed by atoms with Crippen LogP contribution in [0, 0.1) is 0 Å². The van der Waals surface area contributed by atoms with Gasteiger partial charge in [0.05, 0.1) is 0 Å². The maximum atomic E-state index is 5.93. The number of hydrogen-bond acceptors (Lipinski definition) is 3. The first kappa shape index (κ1) is 11.6. The van der Waals surface area contributed by atoms with E-state index in [0.29, 0.717) is 0 Å². The molecule has 3 nitrogen and oxygen atoms in total. The van der Waals surface area contributed by atoms with Crippen LogP contribution in [0.4, 0.5) is 5.69 Å². The smallest absolute Gasteiger partial charge is 0.0378 e. The van der Waals surface area contributed by atoms with Crippen molar-refractivity contribution in [3.8, 4) is 0 Å². The standard InChI is InChI=1S/C14H17N3/c1-16-14(11-5-3-2-4-6-11)9-12-10-17-8-7-13(12)15/h2-8,10,14,16H,9H2,1H3,(H2,15,17). The molecule has 0 saturated heterocycles. The molecule has 3 heteroatoms. The zero-order chi connectivity index (χ0) is 12.1. The van der Waals surface area contributed by atoms with E-state index < -0.39 is 0 Å². The van der Waals surface area contributed by atoms with Gasteiger partial charge >= 0.3 is 0 Å². The molecular weight excluding hydrogens is 210 g/mol. The highest BCUT2D eigenvalue weighted by atomic mass is 14.9. The lowest BCUT2D eigenvalue weighted by molar-refractivity contribution is 0.592. The van der Waals surface area contributed by atoms with Crippen molar-refractivity contribution in [1.29, 1.82) is 0 Å². The van der Waals surface area contributed by atoms with Gasteiger partial charge in [0.1, 0.15) is 0 Å². The van der Waals surface area contributed by atoms with Crippen LogP contribution in [0.5, 0.6) is 0 Å². The number of nitrogen functional groups attached to an aromatic ring is 1. The predicted octanol–water partition coefficient (Wildman–Crippen LogP) is 2.17. The van der Waals surface area contributed by atoms with Crippen molar-refractivity contribution < 1.29 is 0 Å². The largest absolute Gasteiger partial charge is 0.398 e. The van der Waals surface area contributed by atoms with E-state index in [4.69, 9.17) is 5.73 Å². The van der Waals surface area contributed by atoms with E-state index in [9.17, 15) is 0 Å². The van der Waals surface area contributed by atoms with Crippen molar-refractivity contribution in [1.82, 2.24) is 10.3 Å². The number of nitrogens with one attached hydrogen (secondary N) is 1. The molecular formula is C14H17N3. The van der Waals surface area contributed by atoms with Crippen molar-refractivity contribution in [2.75, 3.05) is 12.8 Å². The van der Waals surface area contributed by atoms with Gasteiger partial charge in [-0.15, -0.1) is 0 Å². The quantitative estimate of drug-likeness (QED) is 0.841. The number of pyridine rings is 1. The number of anilines is 1. The van der Waals surface area contributed by atoms with Crippen molar-refractivity contribution in [2.24, 2.45) is 0 Å². The first-order valence-corrected chi connectivity index (χ1v) is 5.72. The van der Waals surface area contributed by atoms with E-state index in [1.54, 1.807) is 6.20 Å². The Labute approximate surface area is 102 Å². The SMILES string of the molecule is CNC(Cc1cnccc1N)c1ccccc1. The monoisotopic (exact) mass is 227 g/mol. The molecule has 1 aromatic heterocycles. The van der Waals surface area contributed by atoms with Crippen LogP contribution in [0.2, 0.25) is 0 Å². The third kappa shape index (κ3) is 2.82. The first-order chi connectivity index (χ1) is 8.31. The topological polar surface area (TPSA) is 50.9 Å². The van der Waals surface area contributed by atoms with Crippen LogP contribution < -0.4 is 11.1 Å². The zero-order valence-electron chi connectivity index (χ0n) is 9.93. The van der Waals surface area contributed by atoms with Gasteiger partial charge in [-0.3, -0.25) is 4.98 Å². The third-order valence-electron chi connectivity index (χ3n) is 2.92. The second-order valence-electron chi connectivity index (χ2n) is 4.03. The Bertz CT molecular complexity index is 468. The Morgan fingerprint density at radius 1 is 1.24 bits per heavy atom. The van der Waals surface area contributed by atoms with E-state index >= 15 is 0 Å². The van der Waals surface area contributed by atoms with Gasteiger partial charge < -0.3 is 11.1 Å². The highest BCUT2D eigenvalue weighted by Crippen LogP contribution is 2.20. The molecule has 0 spiro atoms. The Morgan fingerprint density at radius 2 is 2.00 bits per heavy atom. The van der Waals surface area contributed by atoms with Gasteiger partial charge in [0.25, 0.3) is 0 Å². The number of benzene rings is 1. The second-order valence-corrected chi connectivity index (χ2v) is 4.03. The number of rotatable bonds is 4. The molecule has 0 amide bonds. The van der Waals surface area contributed by atoms with Crippen molar-refractivity contribution in [3.63, 3.8) is 0 Å². The summed E-state index contributed by atoms with van der Waals surface area (Å²) in [6.07, 6.45) is 4.40. The highest BCUT2D eigenvalue weighted by molar-refractivity contribution is 5.45. The molecule has 1 atom stereocenters. The van der Waals surface area contributed by atoms with Crippen molar-refractivity contribution in [3.05, 3.63) is 59.9 Å². The number of aromatic nitrogens is 1. The predicted molar refractivity (Wildman–Crippen MR) is 70.6 cm³/mol. The van der Waals surface area contributed by atoms with Gasteiger partial charge in [0.2, 0.25) is 0 Å². The highest BCUT2D eigenvalue weighted by Gasteiger charge is 2.11. The van der Waals surface area contributed by atoms with Gasteiger partial charge in [-0.1, -0.05) is 30.3 Å². The molecule has 2 rings (SSSR count). The molecule has 1 heterocycles. The minimum Gasteiger partial charge on any atom is -0.398 e. The molecule has 3 N–H and O–H groups in total. The van der Waals surface area contributed by atoms with Gasteiger partial charge in [0.15, 0.2) is 0 Å². The summed E-state index contributed by atoms with van der Waals surface area (Å²) in [6, 6.07) is 12.5. The fraction of sp³-hybridized carbons (Fsp3) is 0.214. The third-order valence-corrected chi connectivity index (χ3v) is 2.92. The zero-order valence-corrected chi connectivity index (χ0v) is 9.93. The van der Waals surface area contributed by atoms with Gasteiger partial charge in [-0.05, 0) is 30.7 Å². The average molecular weight is 227 g/mol. The molecule has 0 saturated carbocycles. The first-order valence-electron chi connectivity index (χ1n) is 5.72. The van der Waals surface area contributed by atoms with Crippen LogP contribution in [-0.2, 0) is 6.42 Å². The Morgan fingerprint density at radius 3 is 2.65 bits per heavy atom. The molecule has 88 valence electrons. The van der Waals surface area contributed by atoms with E-state index in [1.807, 2.05) is 37.5 Å². The number of likely N-dealkylation sites (N-methyl/N-ethyl adjacent to an activating group) is 1. The summed E-state index contributed by atoms with van der Waals surface area (Å²) >= 11 is 0. The Balaban J connectivity index is 2.19. The normalized spacial score (nSPS) is 12.3. The fourth-order valence-electron chi connectivity index (χ4n) is 1.90. The van der Waals surface area contributed by atoms with Crippen LogP contribution in [0.1, 0.15) is 17.2 Å². The minimum atomic E-state index is 0.266. The fourth-order valence-corrected chi connectivity index (χ4v) is 1.90. The lowest BCUT2D eigenvalue weighted by atomic mass is 9.99. The van der Waals surface area contributed by atoms with Gasteiger partial charge in [-0.25, -0.2) is 0 Å². The summed E-state index contributed by atoms with van der Waals surface area (Å²) in [5.74, 6) is 0. The molecule has 0 bridgehead atoms. The Hall–Kier alpha value is -1.87. The average Bonchev–Trinajstić information content (AvgIpc) is 2.39. The van der Waals surface area contributed by atoms with Crippen molar-refractivity contribution >= 4 is 5.69 Å². The molecule has 0 fully saturated rings.